The zero-order valence-electron chi connectivity index (χ0n) is 16.3. The first-order valence-corrected chi connectivity index (χ1v) is 8.95. The Morgan fingerprint density at radius 2 is 1.37 bits per heavy atom. The van der Waals surface area contributed by atoms with E-state index in [0.29, 0.717) is 17.1 Å². The van der Waals surface area contributed by atoms with Crippen molar-refractivity contribution in [3.8, 4) is 5.75 Å². The third-order valence-corrected chi connectivity index (χ3v) is 4.40. The Labute approximate surface area is 172 Å². The van der Waals surface area contributed by atoms with Crippen LogP contribution in [0.5, 0.6) is 5.75 Å². The molecule has 3 rings (SSSR count). The number of hydrogen-bond acceptors (Lipinski definition) is 6. The highest BCUT2D eigenvalue weighted by Gasteiger charge is 2.20. The lowest BCUT2D eigenvalue weighted by molar-refractivity contribution is 0.0697. The number of carbonyl (C=O) groups is 2. The van der Waals surface area contributed by atoms with Gasteiger partial charge in [0, 0.05) is 16.6 Å². The van der Waals surface area contributed by atoms with E-state index >= 15 is 0 Å². The summed E-state index contributed by atoms with van der Waals surface area (Å²) in [5.41, 5.74) is 2.43. The summed E-state index contributed by atoms with van der Waals surface area (Å²) in [6, 6.07) is 16.7. The standard InChI is InChI=1S/C22H19N3O5/c1-13-3-5-14(6-4-13)23-19-12-18(22(27)28)20(11-17(19)21(26)25-29)24-15-7-9-16(30-2)10-8-15/h3-12,23-24H,1-2H3,(H,27,28). The first kappa shape index (κ1) is 20.5. The number of nitroso groups, excluding NO2 is 1. The zero-order valence-corrected chi connectivity index (χ0v) is 16.3. The van der Waals surface area contributed by atoms with E-state index in [2.05, 4.69) is 15.8 Å². The summed E-state index contributed by atoms with van der Waals surface area (Å²) >= 11 is 0. The third-order valence-electron chi connectivity index (χ3n) is 4.40. The Balaban J connectivity index is 2.05. The minimum Gasteiger partial charge on any atom is -0.497 e. The molecule has 0 saturated carbocycles. The molecule has 0 heterocycles. The maximum absolute atomic E-state index is 12.1. The van der Waals surface area contributed by atoms with E-state index in [1.165, 1.54) is 19.2 Å². The molecule has 30 heavy (non-hydrogen) atoms. The molecule has 0 saturated heterocycles. The van der Waals surface area contributed by atoms with Gasteiger partial charge in [-0.1, -0.05) is 17.7 Å². The molecule has 0 unspecified atom stereocenters. The number of carboxylic acid groups (broad SMARTS) is 1. The fourth-order valence-electron chi connectivity index (χ4n) is 2.83. The van der Waals surface area contributed by atoms with Crippen LogP contribution >= 0.6 is 0 Å². The second kappa shape index (κ2) is 8.87. The van der Waals surface area contributed by atoms with Crippen molar-refractivity contribution in [1.82, 2.24) is 0 Å². The molecule has 0 aliphatic carbocycles. The van der Waals surface area contributed by atoms with E-state index in [4.69, 9.17) is 4.74 Å². The van der Waals surface area contributed by atoms with Crippen LogP contribution in [0, 0.1) is 11.8 Å². The molecule has 0 aromatic heterocycles. The first-order valence-electron chi connectivity index (χ1n) is 8.95. The lowest BCUT2D eigenvalue weighted by Gasteiger charge is -2.16. The number of benzene rings is 3. The second-order valence-electron chi connectivity index (χ2n) is 6.49. The van der Waals surface area contributed by atoms with Gasteiger partial charge < -0.3 is 20.5 Å². The summed E-state index contributed by atoms with van der Waals surface area (Å²) in [7, 11) is 1.54. The molecule has 0 fully saturated rings. The number of rotatable bonds is 7. The van der Waals surface area contributed by atoms with Crippen molar-refractivity contribution in [1.29, 1.82) is 0 Å². The Hall–Kier alpha value is -4.20. The van der Waals surface area contributed by atoms with E-state index < -0.39 is 11.9 Å². The van der Waals surface area contributed by atoms with Gasteiger partial charge in [0.2, 0.25) is 0 Å². The number of anilines is 4. The molecule has 0 atom stereocenters. The van der Waals surface area contributed by atoms with E-state index in [0.717, 1.165) is 5.56 Å². The summed E-state index contributed by atoms with van der Waals surface area (Å²) < 4.78 is 5.10. The van der Waals surface area contributed by atoms with Crippen molar-refractivity contribution < 1.29 is 19.4 Å². The monoisotopic (exact) mass is 405 g/mol. The summed E-state index contributed by atoms with van der Waals surface area (Å²) in [5.74, 6) is -1.58. The van der Waals surface area contributed by atoms with Crippen molar-refractivity contribution in [3.63, 3.8) is 0 Å². The highest BCUT2D eigenvalue weighted by molar-refractivity contribution is 6.06. The highest BCUT2D eigenvalue weighted by atomic mass is 16.5. The fraction of sp³-hybridized carbons (Fsp3) is 0.0909. The fourth-order valence-corrected chi connectivity index (χ4v) is 2.83. The van der Waals surface area contributed by atoms with Gasteiger partial charge in [0.15, 0.2) is 0 Å². The number of ether oxygens (including phenoxy) is 1. The van der Waals surface area contributed by atoms with Gasteiger partial charge in [-0.25, -0.2) is 4.79 Å². The molecule has 1 amide bonds. The summed E-state index contributed by atoms with van der Waals surface area (Å²) in [6.45, 7) is 1.93. The number of hydrogen-bond donors (Lipinski definition) is 3. The molecule has 0 spiro atoms. The minimum absolute atomic E-state index is 0.0495. The van der Waals surface area contributed by atoms with Crippen molar-refractivity contribution in [2.24, 2.45) is 5.18 Å². The van der Waals surface area contributed by atoms with Crippen LogP contribution in [0.1, 0.15) is 26.3 Å². The SMILES string of the molecule is COc1ccc(Nc2cc(C(=O)N=O)c(Nc3ccc(C)cc3)cc2C(=O)O)cc1. The van der Waals surface area contributed by atoms with Gasteiger partial charge in [0.05, 0.1) is 29.6 Å². The summed E-state index contributed by atoms with van der Waals surface area (Å²) in [4.78, 5) is 34.9. The highest BCUT2D eigenvalue weighted by Crippen LogP contribution is 2.31. The molecule has 152 valence electrons. The molecule has 8 nitrogen and oxygen atoms in total. The average molecular weight is 405 g/mol. The molecule has 3 aromatic carbocycles. The Morgan fingerprint density at radius 3 is 1.87 bits per heavy atom. The van der Waals surface area contributed by atoms with Gasteiger partial charge in [-0.05, 0) is 55.5 Å². The van der Waals surface area contributed by atoms with Crippen molar-refractivity contribution in [3.05, 3.63) is 82.3 Å². The number of aryl methyl sites for hydroxylation is 1. The lowest BCUT2D eigenvalue weighted by Crippen LogP contribution is -2.09. The number of nitrogens with zero attached hydrogens (tertiary/aromatic N) is 1. The average Bonchev–Trinajstić information content (AvgIpc) is 2.75. The largest absolute Gasteiger partial charge is 0.497 e. The van der Waals surface area contributed by atoms with Crippen LogP contribution in [0.15, 0.2) is 65.8 Å². The minimum atomic E-state index is -1.20. The molecule has 0 aliphatic heterocycles. The Kier molecular flexibility index (Phi) is 6.07. The van der Waals surface area contributed by atoms with Crippen LogP contribution in [-0.2, 0) is 0 Å². The smallest absolute Gasteiger partial charge is 0.337 e. The van der Waals surface area contributed by atoms with E-state index in [1.807, 2.05) is 19.1 Å². The van der Waals surface area contributed by atoms with Crippen LogP contribution < -0.4 is 15.4 Å². The van der Waals surface area contributed by atoms with E-state index in [-0.39, 0.29) is 22.5 Å². The Morgan fingerprint density at radius 1 is 0.867 bits per heavy atom. The molecular weight excluding hydrogens is 386 g/mol. The molecule has 0 radical (unpaired) electrons. The predicted molar refractivity (Wildman–Crippen MR) is 114 cm³/mol. The van der Waals surface area contributed by atoms with Crippen LogP contribution in [0.4, 0.5) is 22.7 Å². The summed E-state index contributed by atoms with van der Waals surface area (Å²) in [5, 5.41) is 18.1. The molecule has 8 heteroatoms. The third kappa shape index (κ3) is 4.61. The van der Waals surface area contributed by atoms with Crippen LogP contribution in [0.2, 0.25) is 0 Å². The molecule has 3 N–H and O–H groups in total. The molecule has 0 aliphatic rings. The number of amides is 1. The number of methoxy groups -OCH3 is 1. The van der Waals surface area contributed by atoms with E-state index in [9.17, 15) is 19.6 Å². The predicted octanol–water partition coefficient (Wildman–Crippen LogP) is 5.10. The topological polar surface area (TPSA) is 117 Å². The normalized spacial score (nSPS) is 10.2. The van der Waals surface area contributed by atoms with Crippen molar-refractivity contribution in [2.75, 3.05) is 17.7 Å². The zero-order chi connectivity index (χ0) is 21.7. The number of carboxylic acids is 1. The van der Waals surface area contributed by atoms with Gasteiger partial charge in [0.25, 0.3) is 0 Å². The van der Waals surface area contributed by atoms with Gasteiger partial charge in [-0.2, -0.15) is 0 Å². The van der Waals surface area contributed by atoms with Gasteiger partial charge in [-0.3, -0.25) is 4.79 Å². The maximum atomic E-state index is 12.1. The second-order valence-corrected chi connectivity index (χ2v) is 6.49. The lowest BCUT2D eigenvalue weighted by atomic mass is 10.0. The first-order chi connectivity index (χ1) is 14.4. The molecule has 0 bridgehead atoms. The number of nitrogens with one attached hydrogen (secondary N) is 2. The van der Waals surface area contributed by atoms with Gasteiger partial charge >= 0.3 is 11.9 Å². The van der Waals surface area contributed by atoms with Gasteiger partial charge in [0.1, 0.15) is 5.75 Å². The van der Waals surface area contributed by atoms with Gasteiger partial charge in [-0.15, -0.1) is 4.91 Å². The molecule has 3 aromatic rings. The van der Waals surface area contributed by atoms with Crippen LogP contribution in [0.25, 0.3) is 0 Å². The number of aromatic carboxylic acids is 1. The Bertz CT molecular complexity index is 1090. The van der Waals surface area contributed by atoms with Crippen LogP contribution in [0.3, 0.4) is 0 Å². The maximum Gasteiger partial charge on any atom is 0.337 e. The molecular formula is C22H19N3O5. The quantitative estimate of drug-likeness (QED) is 0.468. The van der Waals surface area contributed by atoms with Crippen molar-refractivity contribution in [2.45, 2.75) is 6.92 Å². The van der Waals surface area contributed by atoms with Crippen LogP contribution in [-0.4, -0.2) is 24.1 Å². The summed E-state index contributed by atoms with van der Waals surface area (Å²) in [6.07, 6.45) is 0. The number of carbonyl (C=O) groups excluding carboxylic acids is 1. The van der Waals surface area contributed by atoms with Crippen molar-refractivity contribution >= 4 is 34.6 Å². The van der Waals surface area contributed by atoms with E-state index in [1.54, 1.807) is 36.4 Å².